The van der Waals surface area contributed by atoms with Gasteiger partial charge in [-0.2, -0.15) is 0 Å². The first-order valence-corrected chi connectivity index (χ1v) is 10.1. The van der Waals surface area contributed by atoms with Gasteiger partial charge in [0.15, 0.2) is 0 Å². The Hall–Kier alpha value is -0.0800. The molecule has 4 atom stereocenters. The highest BCUT2D eigenvalue weighted by Crippen LogP contribution is 2.43. The van der Waals surface area contributed by atoms with Crippen molar-refractivity contribution < 1.29 is 0 Å². The molecule has 0 radical (unpaired) electrons. The molecule has 3 aliphatic rings. The van der Waals surface area contributed by atoms with E-state index in [2.05, 4.69) is 25.7 Å². The zero-order chi connectivity index (χ0) is 15.7. The molecular weight excluding hydrogens is 268 g/mol. The highest BCUT2D eigenvalue weighted by molar-refractivity contribution is 4.96. The highest BCUT2D eigenvalue weighted by atomic mass is 15.2. The van der Waals surface area contributed by atoms with Gasteiger partial charge in [-0.25, -0.2) is 0 Å². The predicted octanol–water partition coefficient (Wildman–Crippen LogP) is 4.57. The van der Waals surface area contributed by atoms with Gasteiger partial charge in [-0.05, 0) is 69.1 Å². The van der Waals surface area contributed by atoms with Crippen LogP contribution in [0.5, 0.6) is 0 Å². The molecule has 1 heterocycles. The number of rotatable bonds is 3. The summed E-state index contributed by atoms with van der Waals surface area (Å²) in [4.78, 5) is 2.98. The Balaban J connectivity index is 1.78. The predicted molar refractivity (Wildman–Crippen MR) is 94.8 cm³/mol. The van der Waals surface area contributed by atoms with E-state index in [-0.39, 0.29) is 0 Å². The van der Waals surface area contributed by atoms with E-state index in [1.807, 2.05) is 0 Å². The van der Waals surface area contributed by atoms with Gasteiger partial charge < -0.3 is 5.73 Å². The van der Waals surface area contributed by atoms with Crippen LogP contribution in [-0.4, -0.2) is 29.1 Å². The van der Waals surface area contributed by atoms with Crippen LogP contribution in [-0.2, 0) is 0 Å². The van der Waals surface area contributed by atoms with E-state index in [9.17, 15) is 0 Å². The quantitative estimate of drug-likeness (QED) is 0.827. The van der Waals surface area contributed by atoms with Crippen molar-refractivity contribution in [3.05, 3.63) is 0 Å². The van der Waals surface area contributed by atoms with Crippen LogP contribution >= 0.6 is 0 Å². The second-order valence-corrected chi connectivity index (χ2v) is 8.81. The van der Waals surface area contributed by atoms with Crippen molar-refractivity contribution in [2.75, 3.05) is 0 Å². The average Bonchev–Trinajstić information content (AvgIpc) is 2.77. The van der Waals surface area contributed by atoms with Crippen molar-refractivity contribution in [3.8, 4) is 0 Å². The van der Waals surface area contributed by atoms with E-state index in [1.54, 1.807) is 0 Å². The van der Waals surface area contributed by atoms with Crippen molar-refractivity contribution in [1.82, 2.24) is 4.90 Å². The molecule has 1 saturated heterocycles. The van der Waals surface area contributed by atoms with Gasteiger partial charge in [0.05, 0.1) is 0 Å². The summed E-state index contributed by atoms with van der Waals surface area (Å²) in [5, 5.41) is 0. The molecule has 128 valence electrons. The van der Waals surface area contributed by atoms with E-state index in [4.69, 9.17) is 5.73 Å². The summed E-state index contributed by atoms with van der Waals surface area (Å²) in [7, 11) is 0. The summed E-state index contributed by atoms with van der Waals surface area (Å²) in [6, 6.07) is 2.79. The minimum atomic E-state index is 0.441. The Bertz CT molecular complexity index is 326. The van der Waals surface area contributed by atoms with Gasteiger partial charge in [0.1, 0.15) is 0 Å². The maximum absolute atomic E-state index is 6.37. The standard InChI is InChI=1S/C20H38N2/c1-4-18-12-17(21)13-19(5-2)22(18)20-10-15-6-7-16(11-20)9-14(3)8-15/h14-20H,4-13,21H2,1-3H3. The van der Waals surface area contributed by atoms with E-state index in [0.29, 0.717) is 6.04 Å². The zero-order valence-electron chi connectivity index (χ0n) is 15.1. The number of nitrogens with two attached hydrogens (primary N) is 1. The lowest BCUT2D eigenvalue weighted by atomic mass is 9.79. The third-order valence-corrected chi connectivity index (χ3v) is 7.02. The molecule has 2 heteroatoms. The van der Waals surface area contributed by atoms with Crippen LogP contribution in [0.25, 0.3) is 0 Å². The van der Waals surface area contributed by atoms with E-state index in [0.717, 1.165) is 35.9 Å². The average molecular weight is 307 g/mol. The van der Waals surface area contributed by atoms with Gasteiger partial charge in [0, 0.05) is 24.2 Å². The van der Waals surface area contributed by atoms with Crippen LogP contribution < -0.4 is 5.73 Å². The van der Waals surface area contributed by atoms with Crippen molar-refractivity contribution >= 4 is 0 Å². The summed E-state index contributed by atoms with van der Waals surface area (Å²) in [6.07, 6.45) is 14.0. The topological polar surface area (TPSA) is 29.3 Å². The van der Waals surface area contributed by atoms with Gasteiger partial charge in [-0.15, -0.1) is 0 Å². The van der Waals surface area contributed by atoms with Crippen LogP contribution in [0.15, 0.2) is 0 Å². The van der Waals surface area contributed by atoms with Crippen molar-refractivity contribution in [2.24, 2.45) is 23.5 Å². The van der Waals surface area contributed by atoms with Crippen LogP contribution in [0, 0.1) is 17.8 Å². The Morgan fingerprint density at radius 1 is 0.818 bits per heavy atom. The molecule has 3 rings (SSSR count). The molecule has 2 aliphatic carbocycles. The first kappa shape index (κ1) is 16.8. The van der Waals surface area contributed by atoms with E-state index >= 15 is 0 Å². The van der Waals surface area contributed by atoms with Crippen molar-refractivity contribution in [2.45, 2.75) is 109 Å². The number of hydrogen-bond donors (Lipinski definition) is 1. The molecule has 0 spiro atoms. The summed E-state index contributed by atoms with van der Waals surface area (Å²) >= 11 is 0. The highest BCUT2D eigenvalue weighted by Gasteiger charge is 2.40. The van der Waals surface area contributed by atoms with Crippen molar-refractivity contribution in [1.29, 1.82) is 0 Å². The lowest BCUT2D eigenvalue weighted by Gasteiger charge is -2.49. The maximum Gasteiger partial charge on any atom is 0.0113 e. The Morgan fingerprint density at radius 2 is 1.32 bits per heavy atom. The number of hydrogen-bond acceptors (Lipinski definition) is 2. The third kappa shape index (κ3) is 3.53. The molecule has 0 aromatic heterocycles. The molecule has 0 aromatic carbocycles. The first-order chi connectivity index (χ1) is 10.6. The molecule has 2 bridgehead atoms. The number of fused-ring (bicyclic) bond motifs is 3. The largest absolute Gasteiger partial charge is 0.328 e. The smallest absolute Gasteiger partial charge is 0.0113 e. The zero-order valence-corrected chi connectivity index (χ0v) is 15.1. The van der Waals surface area contributed by atoms with E-state index < -0.39 is 0 Å². The fourth-order valence-electron chi connectivity index (χ4n) is 6.17. The lowest BCUT2D eigenvalue weighted by molar-refractivity contribution is 0.00493. The molecule has 1 aliphatic heterocycles. The van der Waals surface area contributed by atoms with Gasteiger partial charge in [-0.1, -0.05) is 33.6 Å². The summed E-state index contributed by atoms with van der Waals surface area (Å²) in [5.74, 6) is 2.97. The maximum atomic E-state index is 6.37. The monoisotopic (exact) mass is 306 g/mol. The SMILES string of the molecule is CCC1CC(N)CC(CC)N1C1CC2CCC(CC(C)C2)C1. The molecule has 22 heavy (non-hydrogen) atoms. The number of likely N-dealkylation sites (tertiary alicyclic amines) is 1. The number of nitrogens with zero attached hydrogens (tertiary/aromatic N) is 1. The molecule has 0 aromatic rings. The summed E-state index contributed by atoms with van der Waals surface area (Å²) in [5.41, 5.74) is 6.37. The minimum absolute atomic E-state index is 0.441. The van der Waals surface area contributed by atoms with Gasteiger partial charge in [0.2, 0.25) is 0 Å². The molecule has 0 amide bonds. The second-order valence-electron chi connectivity index (χ2n) is 8.81. The minimum Gasteiger partial charge on any atom is -0.328 e. The normalized spacial score (nSPS) is 47.2. The fraction of sp³-hybridized carbons (Fsp3) is 1.00. The van der Waals surface area contributed by atoms with Crippen LogP contribution in [0.3, 0.4) is 0 Å². The second kappa shape index (κ2) is 7.21. The van der Waals surface area contributed by atoms with Gasteiger partial charge >= 0.3 is 0 Å². The Morgan fingerprint density at radius 3 is 1.77 bits per heavy atom. The Labute approximate surface area is 138 Å². The Kier molecular flexibility index (Phi) is 5.50. The first-order valence-electron chi connectivity index (χ1n) is 10.1. The molecule has 3 fully saturated rings. The van der Waals surface area contributed by atoms with Gasteiger partial charge in [-0.3, -0.25) is 4.90 Å². The summed E-state index contributed by atoms with van der Waals surface area (Å²) < 4.78 is 0. The molecule has 4 unspecified atom stereocenters. The third-order valence-electron chi connectivity index (χ3n) is 7.02. The lowest BCUT2D eigenvalue weighted by Crippen LogP contribution is -2.57. The molecular formula is C20H38N2. The van der Waals surface area contributed by atoms with Gasteiger partial charge in [0.25, 0.3) is 0 Å². The van der Waals surface area contributed by atoms with Crippen LogP contribution in [0.4, 0.5) is 0 Å². The molecule has 2 saturated carbocycles. The summed E-state index contributed by atoms with van der Waals surface area (Å²) in [6.45, 7) is 7.25. The van der Waals surface area contributed by atoms with E-state index in [1.165, 1.54) is 64.2 Å². The fourth-order valence-corrected chi connectivity index (χ4v) is 6.17. The van der Waals surface area contributed by atoms with Crippen molar-refractivity contribution in [3.63, 3.8) is 0 Å². The molecule has 2 nitrogen and oxygen atoms in total. The number of piperidine rings is 1. The van der Waals surface area contributed by atoms with Crippen LogP contribution in [0.1, 0.15) is 85.0 Å². The van der Waals surface area contributed by atoms with Crippen LogP contribution in [0.2, 0.25) is 0 Å². The molecule has 2 N–H and O–H groups in total.